The number of anilines is 1. The highest BCUT2D eigenvalue weighted by atomic mass is 16.6. The zero-order valence-electron chi connectivity index (χ0n) is 7.93. The average Bonchev–Trinajstić information content (AvgIpc) is 2.16. The molecule has 0 bridgehead atoms. The Hall–Kier alpha value is -1.91. The van der Waals surface area contributed by atoms with E-state index < -0.39 is 4.92 Å². The quantitative estimate of drug-likeness (QED) is 0.415. The highest BCUT2D eigenvalue weighted by Crippen LogP contribution is 2.23. The highest BCUT2D eigenvalue weighted by Gasteiger charge is 2.11. The van der Waals surface area contributed by atoms with Crippen LogP contribution in [0.3, 0.4) is 0 Å². The summed E-state index contributed by atoms with van der Waals surface area (Å²) in [6.07, 6.45) is 0.680. The Kier molecular flexibility index (Phi) is 2.81. The van der Waals surface area contributed by atoms with E-state index >= 15 is 0 Å². The van der Waals surface area contributed by atoms with Crippen molar-refractivity contribution in [2.45, 2.75) is 0 Å². The molecule has 5 heteroatoms. The van der Waals surface area contributed by atoms with Gasteiger partial charge >= 0.3 is 0 Å². The first kappa shape index (κ1) is 10.2. The summed E-state index contributed by atoms with van der Waals surface area (Å²) in [6, 6.07) is 4.14. The molecule has 0 aliphatic heterocycles. The zero-order chi connectivity index (χ0) is 10.7. The zero-order valence-corrected chi connectivity index (χ0v) is 7.93. The van der Waals surface area contributed by atoms with E-state index in [1.165, 1.54) is 18.2 Å². The van der Waals surface area contributed by atoms with Gasteiger partial charge in [0.05, 0.1) is 10.6 Å². The fraction of sp³-hybridized carbons (Fsp3) is 0.222. The van der Waals surface area contributed by atoms with Crippen molar-refractivity contribution >= 4 is 17.7 Å². The number of carbonyl (C=O) groups excluding carboxylic acids is 1. The second kappa shape index (κ2) is 3.87. The van der Waals surface area contributed by atoms with Gasteiger partial charge in [-0.25, -0.2) is 0 Å². The van der Waals surface area contributed by atoms with E-state index in [9.17, 15) is 14.9 Å². The molecule has 0 aromatic heterocycles. The van der Waals surface area contributed by atoms with Crippen LogP contribution in [0.25, 0.3) is 0 Å². The molecule has 0 unspecified atom stereocenters. The molecule has 0 spiro atoms. The van der Waals surface area contributed by atoms with Crippen molar-refractivity contribution in [2.75, 3.05) is 19.0 Å². The number of non-ortho nitro benzene ring substituents is 1. The van der Waals surface area contributed by atoms with Gasteiger partial charge in [-0.2, -0.15) is 0 Å². The van der Waals surface area contributed by atoms with Crippen LogP contribution in [0.2, 0.25) is 0 Å². The Bertz CT molecular complexity index is 374. The van der Waals surface area contributed by atoms with E-state index in [0.29, 0.717) is 17.5 Å². The summed E-state index contributed by atoms with van der Waals surface area (Å²) in [5.74, 6) is 0. The lowest BCUT2D eigenvalue weighted by atomic mass is 10.1. The van der Waals surface area contributed by atoms with Crippen molar-refractivity contribution < 1.29 is 9.72 Å². The molecule has 0 N–H and O–H groups in total. The summed E-state index contributed by atoms with van der Waals surface area (Å²) in [5, 5.41) is 10.5. The molecule has 0 atom stereocenters. The SMILES string of the molecule is CN(C)c1cc([N+](=O)[O-])ccc1C=O. The van der Waals surface area contributed by atoms with Gasteiger partial charge in [0, 0.05) is 31.8 Å². The molecule has 0 aliphatic carbocycles. The molecule has 0 saturated heterocycles. The molecule has 0 saturated carbocycles. The molecular weight excluding hydrogens is 184 g/mol. The van der Waals surface area contributed by atoms with Gasteiger partial charge in [-0.15, -0.1) is 0 Å². The molecule has 1 aromatic carbocycles. The molecule has 0 aliphatic rings. The third-order valence-electron chi connectivity index (χ3n) is 1.83. The number of nitro groups is 1. The number of benzene rings is 1. The van der Waals surface area contributed by atoms with E-state index in [0.717, 1.165) is 0 Å². The van der Waals surface area contributed by atoms with Crippen LogP contribution in [0, 0.1) is 10.1 Å². The number of carbonyl (C=O) groups is 1. The summed E-state index contributed by atoms with van der Waals surface area (Å²) >= 11 is 0. The Morgan fingerprint density at radius 3 is 2.50 bits per heavy atom. The number of rotatable bonds is 3. The summed E-state index contributed by atoms with van der Waals surface area (Å²) < 4.78 is 0. The van der Waals surface area contributed by atoms with Gasteiger partial charge in [0.15, 0.2) is 6.29 Å². The van der Waals surface area contributed by atoms with E-state index in [4.69, 9.17) is 0 Å². The molecule has 0 fully saturated rings. The topological polar surface area (TPSA) is 63.4 Å². The maximum absolute atomic E-state index is 10.6. The molecule has 0 amide bonds. The smallest absolute Gasteiger partial charge is 0.271 e. The van der Waals surface area contributed by atoms with Crippen LogP contribution >= 0.6 is 0 Å². The van der Waals surface area contributed by atoms with Gasteiger partial charge in [0.1, 0.15) is 0 Å². The maximum Gasteiger partial charge on any atom is 0.271 e. The molecule has 1 rings (SSSR count). The van der Waals surface area contributed by atoms with Gasteiger partial charge in [-0.3, -0.25) is 14.9 Å². The Balaban J connectivity index is 3.27. The van der Waals surface area contributed by atoms with Crippen LogP contribution < -0.4 is 4.90 Å². The normalized spacial score (nSPS) is 9.57. The second-order valence-electron chi connectivity index (χ2n) is 3.01. The van der Waals surface area contributed by atoms with Crippen molar-refractivity contribution in [3.05, 3.63) is 33.9 Å². The first-order chi connectivity index (χ1) is 6.56. The van der Waals surface area contributed by atoms with Crippen molar-refractivity contribution in [1.29, 1.82) is 0 Å². The largest absolute Gasteiger partial charge is 0.377 e. The van der Waals surface area contributed by atoms with E-state index in [-0.39, 0.29) is 5.69 Å². The van der Waals surface area contributed by atoms with E-state index in [1.807, 2.05) is 0 Å². The minimum absolute atomic E-state index is 0.0145. The van der Waals surface area contributed by atoms with Crippen LogP contribution in [0.15, 0.2) is 18.2 Å². The highest BCUT2D eigenvalue weighted by molar-refractivity contribution is 5.85. The van der Waals surface area contributed by atoms with Gasteiger partial charge in [-0.05, 0) is 6.07 Å². The molecule has 5 nitrogen and oxygen atoms in total. The number of hydrogen-bond donors (Lipinski definition) is 0. The van der Waals surface area contributed by atoms with E-state index in [2.05, 4.69) is 0 Å². The van der Waals surface area contributed by atoms with Crippen LogP contribution in [0.1, 0.15) is 10.4 Å². The molecule has 14 heavy (non-hydrogen) atoms. The van der Waals surface area contributed by atoms with Crippen molar-refractivity contribution in [3.63, 3.8) is 0 Å². The number of aldehydes is 1. The van der Waals surface area contributed by atoms with Crippen LogP contribution in [-0.4, -0.2) is 25.3 Å². The summed E-state index contributed by atoms with van der Waals surface area (Å²) in [7, 11) is 3.46. The fourth-order valence-corrected chi connectivity index (χ4v) is 1.13. The minimum Gasteiger partial charge on any atom is -0.377 e. The molecule has 1 aromatic rings. The Morgan fingerprint density at radius 2 is 2.07 bits per heavy atom. The standard InChI is InChI=1S/C9H10N2O3/c1-10(2)9-5-8(11(13)14)4-3-7(9)6-12/h3-6H,1-2H3. The predicted molar refractivity (Wildman–Crippen MR) is 52.8 cm³/mol. The lowest BCUT2D eigenvalue weighted by Gasteiger charge is -2.13. The lowest BCUT2D eigenvalue weighted by Crippen LogP contribution is -2.11. The fourth-order valence-electron chi connectivity index (χ4n) is 1.13. The Morgan fingerprint density at radius 1 is 1.43 bits per heavy atom. The number of nitrogens with zero attached hydrogens (tertiary/aromatic N) is 2. The average molecular weight is 194 g/mol. The predicted octanol–water partition coefficient (Wildman–Crippen LogP) is 1.47. The van der Waals surface area contributed by atoms with Crippen LogP contribution in [0.4, 0.5) is 11.4 Å². The second-order valence-corrected chi connectivity index (χ2v) is 3.01. The van der Waals surface area contributed by atoms with Gasteiger partial charge in [0.25, 0.3) is 5.69 Å². The summed E-state index contributed by atoms with van der Waals surface area (Å²) in [5.41, 5.74) is 0.981. The minimum atomic E-state index is -0.485. The molecule has 74 valence electrons. The van der Waals surface area contributed by atoms with Gasteiger partial charge < -0.3 is 4.90 Å². The lowest BCUT2D eigenvalue weighted by molar-refractivity contribution is -0.384. The third kappa shape index (κ3) is 1.87. The van der Waals surface area contributed by atoms with E-state index in [1.54, 1.807) is 19.0 Å². The Labute approximate surface area is 81.1 Å². The van der Waals surface area contributed by atoms with Gasteiger partial charge in [0.2, 0.25) is 0 Å². The first-order valence-electron chi connectivity index (χ1n) is 3.97. The molecule has 0 radical (unpaired) electrons. The monoisotopic (exact) mass is 194 g/mol. The number of nitro benzene ring substituents is 1. The van der Waals surface area contributed by atoms with Crippen molar-refractivity contribution in [2.24, 2.45) is 0 Å². The van der Waals surface area contributed by atoms with Crippen LogP contribution in [-0.2, 0) is 0 Å². The van der Waals surface area contributed by atoms with Crippen molar-refractivity contribution in [3.8, 4) is 0 Å². The molecular formula is C9H10N2O3. The third-order valence-corrected chi connectivity index (χ3v) is 1.83. The first-order valence-corrected chi connectivity index (χ1v) is 3.97. The van der Waals surface area contributed by atoms with Crippen LogP contribution in [0.5, 0.6) is 0 Å². The maximum atomic E-state index is 10.6. The van der Waals surface area contributed by atoms with Crippen molar-refractivity contribution in [1.82, 2.24) is 0 Å². The van der Waals surface area contributed by atoms with Gasteiger partial charge in [-0.1, -0.05) is 0 Å². The summed E-state index contributed by atoms with van der Waals surface area (Å²) in [6.45, 7) is 0. The summed E-state index contributed by atoms with van der Waals surface area (Å²) in [4.78, 5) is 22.3. The molecule has 0 heterocycles. The number of hydrogen-bond acceptors (Lipinski definition) is 4.